The number of carbonyl (C=O) groups excluding carboxylic acids is 3. The number of hydrogen-bond acceptors (Lipinski definition) is 9. The van der Waals surface area contributed by atoms with Crippen LogP contribution in [0.1, 0.15) is 30.3 Å². The van der Waals surface area contributed by atoms with Crippen LogP contribution in [0.5, 0.6) is 0 Å². The summed E-state index contributed by atoms with van der Waals surface area (Å²) in [7, 11) is 0. The van der Waals surface area contributed by atoms with Crippen LogP contribution in [0, 0.1) is 0 Å². The maximum absolute atomic E-state index is 12.5. The molecule has 0 spiro atoms. The number of anilines is 1. The molecule has 1 aromatic heterocycles. The van der Waals surface area contributed by atoms with Crippen molar-refractivity contribution in [3.63, 3.8) is 0 Å². The van der Waals surface area contributed by atoms with Gasteiger partial charge in [0.05, 0.1) is 12.4 Å². The first-order valence-corrected chi connectivity index (χ1v) is 10.4. The Kier molecular flexibility index (Phi) is 5.89. The van der Waals surface area contributed by atoms with Crippen LogP contribution in [0.4, 0.5) is 5.13 Å². The van der Waals surface area contributed by atoms with Crippen LogP contribution in [0.25, 0.3) is 0 Å². The molecule has 2 amide bonds. The fourth-order valence-electron chi connectivity index (χ4n) is 2.76. The first-order valence-electron chi connectivity index (χ1n) is 8.45. The second-order valence-corrected chi connectivity index (χ2v) is 8.03. The van der Waals surface area contributed by atoms with Crippen LogP contribution < -0.4 is 11.1 Å². The summed E-state index contributed by atoms with van der Waals surface area (Å²) in [4.78, 5) is 53.2. The molecule has 2 aliphatic heterocycles. The Morgan fingerprint density at radius 3 is 2.82 bits per heavy atom. The number of aliphatic carboxylic acids is 1. The monoisotopic (exact) mass is 426 g/mol. The van der Waals surface area contributed by atoms with Gasteiger partial charge < -0.3 is 20.9 Å². The first kappa shape index (κ1) is 20.1. The molecule has 3 heterocycles. The van der Waals surface area contributed by atoms with Crippen LogP contribution in [-0.2, 0) is 19.1 Å². The highest BCUT2D eigenvalue weighted by Crippen LogP contribution is 2.40. The van der Waals surface area contributed by atoms with Gasteiger partial charge >= 0.3 is 5.97 Å². The quantitative estimate of drug-likeness (QED) is 0.232. The zero-order valence-corrected chi connectivity index (χ0v) is 16.5. The van der Waals surface area contributed by atoms with Crippen molar-refractivity contribution >= 4 is 51.8 Å². The molecule has 1 fully saturated rings. The third-order valence-corrected chi connectivity index (χ3v) is 6.08. The van der Waals surface area contributed by atoms with Gasteiger partial charge in [-0.25, -0.2) is 9.78 Å². The maximum atomic E-state index is 12.5. The van der Waals surface area contributed by atoms with E-state index < -0.39 is 35.0 Å². The van der Waals surface area contributed by atoms with Crippen LogP contribution in [0.2, 0.25) is 0 Å². The number of thiazole rings is 1. The molecule has 1 aromatic rings. The maximum Gasteiger partial charge on any atom is 0.356 e. The lowest BCUT2D eigenvalue weighted by Crippen LogP contribution is -2.71. The van der Waals surface area contributed by atoms with Gasteiger partial charge in [0.25, 0.3) is 17.6 Å². The summed E-state index contributed by atoms with van der Waals surface area (Å²) in [5, 5.41) is 12.8. The second kappa shape index (κ2) is 8.19. The number of carbonyl (C=O) groups is 4. The molecule has 0 bridgehead atoms. The highest BCUT2D eigenvalue weighted by Gasteiger charge is 2.55. The number of fused-ring (bicyclic) bond motifs is 1. The summed E-state index contributed by atoms with van der Waals surface area (Å²) < 4.78 is 5.54. The number of nitrogen functional groups attached to an aromatic ring is 1. The highest BCUT2D eigenvalue weighted by atomic mass is 32.2. The van der Waals surface area contributed by atoms with E-state index in [1.54, 1.807) is 0 Å². The average Bonchev–Trinajstić information content (AvgIpc) is 3.10. The number of hydrogen-bond donors (Lipinski definition) is 3. The molecule has 1 saturated heterocycles. The van der Waals surface area contributed by atoms with E-state index in [-0.39, 0.29) is 28.0 Å². The van der Waals surface area contributed by atoms with Gasteiger partial charge in [0.1, 0.15) is 22.9 Å². The minimum absolute atomic E-state index is 0.0994. The molecule has 0 radical (unpaired) electrons. The molecule has 1 unspecified atom stereocenters. The molecule has 0 saturated carbocycles. The Morgan fingerprint density at radius 1 is 1.46 bits per heavy atom. The Hall–Kier alpha value is -2.60. The predicted molar refractivity (Wildman–Crippen MR) is 101 cm³/mol. The molecule has 3 rings (SSSR count). The molecule has 28 heavy (non-hydrogen) atoms. The third-order valence-electron chi connectivity index (χ3n) is 4.16. The molecule has 4 N–H and O–H groups in total. The zero-order valence-electron chi connectivity index (χ0n) is 14.8. The number of β-lactam (4-membered cyclic amide) rings is 1. The second-order valence-electron chi connectivity index (χ2n) is 6.04. The Bertz CT molecular complexity index is 867. The van der Waals surface area contributed by atoms with Crippen molar-refractivity contribution in [1.29, 1.82) is 0 Å². The molecule has 12 heteroatoms. The van der Waals surface area contributed by atoms with Crippen molar-refractivity contribution in [3.8, 4) is 0 Å². The van der Waals surface area contributed by atoms with E-state index in [4.69, 9.17) is 10.5 Å². The number of nitrogens with two attached hydrogens (primary N) is 1. The number of nitrogens with zero attached hydrogens (tertiary/aromatic N) is 2. The molecular formula is C16H18N4O6S2. The number of rotatable bonds is 8. The van der Waals surface area contributed by atoms with E-state index in [2.05, 4.69) is 10.3 Å². The highest BCUT2D eigenvalue weighted by molar-refractivity contribution is 8.00. The molecule has 150 valence electrons. The van der Waals surface area contributed by atoms with E-state index in [9.17, 15) is 24.3 Å². The van der Waals surface area contributed by atoms with Gasteiger partial charge in [0.2, 0.25) is 0 Å². The molecule has 2 aliphatic rings. The smallest absolute Gasteiger partial charge is 0.356 e. The van der Waals surface area contributed by atoms with Gasteiger partial charge in [0.15, 0.2) is 10.8 Å². The number of carboxylic acids is 1. The SMILES string of the molecule is CCCCOC1=C(C(=O)O)N2C(=O)C(NC(=O)C(=O)c3csc(N)n3)[C@@H]2SC1. The Labute approximate surface area is 168 Å². The number of aromatic nitrogens is 1. The van der Waals surface area contributed by atoms with Crippen molar-refractivity contribution in [2.45, 2.75) is 31.2 Å². The summed E-state index contributed by atoms with van der Waals surface area (Å²) >= 11 is 2.29. The lowest BCUT2D eigenvalue weighted by molar-refractivity contribution is -0.150. The van der Waals surface area contributed by atoms with Gasteiger partial charge in [-0.15, -0.1) is 23.1 Å². The number of thioether (sulfide) groups is 1. The fraction of sp³-hybridized carbons (Fsp3) is 0.438. The number of unbranched alkanes of at least 4 members (excludes halogenated alkanes) is 1. The van der Waals surface area contributed by atoms with E-state index in [1.165, 1.54) is 17.1 Å². The molecule has 0 aliphatic carbocycles. The van der Waals surface area contributed by atoms with Crippen LogP contribution in [-0.4, -0.2) is 62.3 Å². The number of ketones is 1. The topological polar surface area (TPSA) is 152 Å². The van der Waals surface area contributed by atoms with E-state index >= 15 is 0 Å². The van der Waals surface area contributed by atoms with Gasteiger partial charge in [-0.1, -0.05) is 13.3 Å². The Balaban J connectivity index is 1.70. The molecule has 0 aromatic carbocycles. The summed E-state index contributed by atoms with van der Waals surface area (Å²) in [6, 6.07) is -0.996. The number of carboxylic acid groups (broad SMARTS) is 1. The van der Waals surface area contributed by atoms with Crippen LogP contribution in [0.3, 0.4) is 0 Å². The Morgan fingerprint density at radius 2 is 2.21 bits per heavy atom. The minimum atomic E-state index is -1.27. The van der Waals surface area contributed by atoms with Crippen molar-refractivity contribution < 1.29 is 29.0 Å². The summed E-state index contributed by atoms with van der Waals surface area (Å²) in [5.41, 5.74) is 5.14. The van der Waals surface area contributed by atoms with Crippen LogP contribution >= 0.6 is 23.1 Å². The third kappa shape index (κ3) is 3.69. The lowest BCUT2D eigenvalue weighted by atomic mass is 10.0. The summed E-state index contributed by atoms with van der Waals surface area (Å²) in [5.74, 6) is -3.29. The normalized spacial score (nSPS) is 21.0. The van der Waals surface area contributed by atoms with Gasteiger partial charge in [-0.2, -0.15) is 0 Å². The zero-order chi connectivity index (χ0) is 20.4. The van der Waals surface area contributed by atoms with E-state index in [0.717, 1.165) is 29.1 Å². The summed E-state index contributed by atoms with van der Waals surface area (Å²) in [6.07, 6.45) is 1.65. The number of nitrogens with one attached hydrogen (secondary N) is 1. The minimum Gasteiger partial charge on any atom is -0.495 e. The van der Waals surface area contributed by atoms with E-state index in [0.29, 0.717) is 6.61 Å². The molecule has 2 atom stereocenters. The fourth-order valence-corrected chi connectivity index (χ4v) is 4.58. The first-order chi connectivity index (χ1) is 13.3. The summed E-state index contributed by atoms with van der Waals surface area (Å²) in [6.45, 7) is 2.34. The number of amides is 2. The molecular weight excluding hydrogens is 408 g/mol. The van der Waals surface area contributed by atoms with Gasteiger partial charge in [-0.05, 0) is 6.42 Å². The van der Waals surface area contributed by atoms with Crippen molar-refractivity contribution in [2.24, 2.45) is 0 Å². The van der Waals surface area contributed by atoms with Crippen molar-refractivity contribution in [1.82, 2.24) is 15.2 Å². The predicted octanol–water partition coefficient (Wildman–Crippen LogP) is 0.421. The largest absolute Gasteiger partial charge is 0.495 e. The molecule has 10 nitrogen and oxygen atoms in total. The number of Topliss-reactive ketones (excluding diaryl/α,β-unsaturated/α-hetero) is 1. The van der Waals surface area contributed by atoms with Gasteiger partial charge in [-0.3, -0.25) is 19.3 Å². The van der Waals surface area contributed by atoms with E-state index in [1.807, 2.05) is 6.92 Å². The van der Waals surface area contributed by atoms with Crippen molar-refractivity contribution in [2.75, 3.05) is 18.1 Å². The van der Waals surface area contributed by atoms with Gasteiger partial charge in [0, 0.05) is 5.38 Å². The number of ether oxygens (including phenoxy) is 1. The standard InChI is InChI=1S/C16H18N4O6S2/c1-2-3-4-26-8-6-27-14-9(13(23)20(14)10(8)15(24)25)19-12(22)11(21)7-5-28-16(17)18-7/h5,9,14H,2-4,6H2,1H3,(H2,17,18)(H,19,22)(H,24,25)/t9?,14-/m0/s1. The van der Waals surface area contributed by atoms with Crippen LogP contribution in [0.15, 0.2) is 16.8 Å². The lowest BCUT2D eigenvalue weighted by Gasteiger charge is -2.48. The average molecular weight is 426 g/mol. The van der Waals surface area contributed by atoms with Crippen molar-refractivity contribution in [3.05, 3.63) is 22.5 Å².